The Morgan fingerprint density at radius 1 is 1.26 bits per heavy atom. The summed E-state index contributed by atoms with van der Waals surface area (Å²) in [5, 5.41) is 0. The number of hydrogen-bond donors (Lipinski definition) is 0. The molecule has 1 fully saturated rings. The summed E-state index contributed by atoms with van der Waals surface area (Å²) in [5.41, 5.74) is 0.935. The first-order valence-corrected chi connectivity index (χ1v) is 8.01. The van der Waals surface area contributed by atoms with Crippen LogP contribution in [0.5, 0.6) is 0 Å². The van der Waals surface area contributed by atoms with Crippen molar-refractivity contribution in [3.63, 3.8) is 0 Å². The Morgan fingerprint density at radius 2 is 1.96 bits per heavy atom. The van der Waals surface area contributed by atoms with E-state index in [9.17, 15) is 9.59 Å². The third-order valence-corrected chi connectivity index (χ3v) is 3.88. The molecule has 1 saturated heterocycles. The Labute approximate surface area is 137 Å². The van der Waals surface area contributed by atoms with Crippen molar-refractivity contribution in [3.05, 3.63) is 35.9 Å². The summed E-state index contributed by atoms with van der Waals surface area (Å²) < 4.78 is 10.8. The second kappa shape index (κ2) is 8.53. The number of likely N-dealkylation sites (N-methyl/N-ethyl adjacent to an activating group) is 1. The zero-order valence-electron chi connectivity index (χ0n) is 13.7. The lowest BCUT2D eigenvalue weighted by Gasteiger charge is -2.33. The van der Waals surface area contributed by atoms with E-state index >= 15 is 0 Å². The number of carbonyl (C=O) groups excluding carboxylic acids is 2. The van der Waals surface area contributed by atoms with Crippen LogP contribution in [0.4, 0.5) is 4.79 Å². The van der Waals surface area contributed by atoms with E-state index in [4.69, 9.17) is 9.47 Å². The van der Waals surface area contributed by atoms with Gasteiger partial charge in [-0.25, -0.2) is 4.79 Å². The Kier molecular flexibility index (Phi) is 6.40. The van der Waals surface area contributed by atoms with Crippen molar-refractivity contribution in [2.24, 2.45) is 0 Å². The molecule has 0 aliphatic carbocycles. The molecule has 0 N–H and O–H groups in total. The van der Waals surface area contributed by atoms with Crippen LogP contribution in [-0.2, 0) is 20.9 Å². The maximum absolute atomic E-state index is 12.3. The minimum atomic E-state index is -0.604. The van der Waals surface area contributed by atoms with Crippen LogP contribution >= 0.6 is 0 Å². The summed E-state index contributed by atoms with van der Waals surface area (Å²) in [5.74, 6) is -0.0736. The molecule has 1 heterocycles. The van der Waals surface area contributed by atoms with Crippen molar-refractivity contribution < 1.29 is 19.1 Å². The van der Waals surface area contributed by atoms with Gasteiger partial charge in [-0.05, 0) is 19.4 Å². The molecule has 23 heavy (non-hydrogen) atoms. The van der Waals surface area contributed by atoms with Crippen molar-refractivity contribution in [2.75, 3.05) is 32.8 Å². The molecule has 1 aromatic carbocycles. The molecule has 0 aromatic heterocycles. The summed E-state index contributed by atoms with van der Waals surface area (Å²) >= 11 is 0. The number of morpholine rings is 1. The lowest BCUT2D eigenvalue weighted by atomic mass is 10.2. The fraction of sp³-hybridized carbons (Fsp3) is 0.529. The SMILES string of the molecule is CCN(CC)C(=O)C1CN(C(=O)OCc2ccccc2)CCO1. The summed E-state index contributed by atoms with van der Waals surface area (Å²) in [6, 6.07) is 9.52. The molecular weight excluding hydrogens is 296 g/mol. The Morgan fingerprint density at radius 3 is 2.61 bits per heavy atom. The van der Waals surface area contributed by atoms with Crippen molar-refractivity contribution in [2.45, 2.75) is 26.6 Å². The highest BCUT2D eigenvalue weighted by Crippen LogP contribution is 2.11. The van der Waals surface area contributed by atoms with Crippen molar-refractivity contribution in [3.8, 4) is 0 Å². The monoisotopic (exact) mass is 320 g/mol. The maximum atomic E-state index is 12.3. The van der Waals surface area contributed by atoms with Crippen LogP contribution < -0.4 is 0 Å². The Balaban J connectivity index is 1.87. The maximum Gasteiger partial charge on any atom is 0.410 e. The van der Waals surface area contributed by atoms with Gasteiger partial charge in [0, 0.05) is 19.6 Å². The number of benzene rings is 1. The highest BCUT2D eigenvalue weighted by Gasteiger charge is 2.32. The van der Waals surface area contributed by atoms with E-state index in [1.807, 2.05) is 44.2 Å². The first kappa shape index (κ1) is 17.3. The molecule has 1 atom stereocenters. The molecule has 0 spiro atoms. The average Bonchev–Trinajstić information content (AvgIpc) is 2.61. The predicted molar refractivity (Wildman–Crippen MR) is 85.9 cm³/mol. The Hall–Kier alpha value is -2.08. The largest absolute Gasteiger partial charge is 0.445 e. The topological polar surface area (TPSA) is 59.1 Å². The van der Waals surface area contributed by atoms with E-state index in [2.05, 4.69) is 0 Å². The molecule has 0 saturated carbocycles. The van der Waals surface area contributed by atoms with E-state index in [-0.39, 0.29) is 19.1 Å². The van der Waals surface area contributed by atoms with Crippen molar-refractivity contribution >= 4 is 12.0 Å². The van der Waals surface area contributed by atoms with Gasteiger partial charge in [0.25, 0.3) is 5.91 Å². The number of carbonyl (C=O) groups is 2. The number of nitrogens with zero attached hydrogens (tertiary/aromatic N) is 2. The number of ether oxygens (including phenoxy) is 2. The molecular formula is C17H24N2O4. The van der Waals surface area contributed by atoms with E-state index in [1.54, 1.807) is 9.80 Å². The predicted octanol–water partition coefficient (Wildman–Crippen LogP) is 1.89. The van der Waals surface area contributed by atoms with Gasteiger partial charge in [0.15, 0.2) is 6.10 Å². The third-order valence-electron chi connectivity index (χ3n) is 3.88. The smallest absolute Gasteiger partial charge is 0.410 e. The fourth-order valence-corrected chi connectivity index (χ4v) is 2.51. The zero-order chi connectivity index (χ0) is 16.7. The van der Waals surface area contributed by atoms with Gasteiger partial charge in [-0.2, -0.15) is 0 Å². The van der Waals surface area contributed by atoms with E-state index in [1.165, 1.54) is 0 Å². The average molecular weight is 320 g/mol. The van der Waals surface area contributed by atoms with E-state index in [0.717, 1.165) is 5.56 Å². The summed E-state index contributed by atoms with van der Waals surface area (Å²) in [6.45, 7) is 6.37. The number of amides is 2. The number of hydrogen-bond acceptors (Lipinski definition) is 4. The molecule has 1 unspecified atom stereocenters. The molecule has 126 valence electrons. The summed E-state index contributed by atoms with van der Waals surface area (Å²) in [7, 11) is 0. The van der Waals surface area contributed by atoms with Gasteiger partial charge in [-0.15, -0.1) is 0 Å². The molecule has 1 aromatic rings. The third kappa shape index (κ3) is 4.69. The van der Waals surface area contributed by atoms with Gasteiger partial charge in [-0.3, -0.25) is 4.79 Å². The second-order valence-electron chi connectivity index (χ2n) is 5.36. The van der Waals surface area contributed by atoms with Crippen LogP contribution in [0.1, 0.15) is 19.4 Å². The second-order valence-corrected chi connectivity index (χ2v) is 5.36. The van der Waals surface area contributed by atoms with Crippen LogP contribution in [0, 0.1) is 0 Å². The zero-order valence-corrected chi connectivity index (χ0v) is 13.7. The van der Waals surface area contributed by atoms with Gasteiger partial charge < -0.3 is 19.3 Å². The molecule has 2 amide bonds. The lowest BCUT2D eigenvalue weighted by Crippen LogP contribution is -2.52. The summed E-state index contributed by atoms with van der Waals surface area (Å²) in [6.07, 6.45) is -1.01. The van der Waals surface area contributed by atoms with Gasteiger partial charge in [0.2, 0.25) is 0 Å². The lowest BCUT2D eigenvalue weighted by molar-refractivity contribution is -0.148. The first-order valence-electron chi connectivity index (χ1n) is 8.01. The van der Waals surface area contributed by atoms with Gasteiger partial charge >= 0.3 is 6.09 Å². The molecule has 1 aliphatic heterocycles. The summed E-state index contributed by atoms with van der Waals surface area (Å²) in [4.78, 5) is 27.8. The quantitative estimate of drug-likeness (QED) is 0.831. The molecule has 2 rings (SSSR count). The van der Waals surface area contributed by atoms with Crippen LogP contribution in [0.3, 0.4) is 0 Å². The van der Waals surface area contributed by atoms with Crippen LogP contribution in [0.15, 0.2) is 30.3 Å². The Bertz CT molecular complexity index is 517. The minimum Gasteiger partial charge on any atom is -0.445 e. The van der Waals surface area contributed by atoms with E-state index in [0.29, 0.717) is 26.2 Å². The van der Waals surface area contributed by atoms with Gasteiger partial charge in [-0.1, -0.05) is 30.3 Å². The molecule has 6 nitrogen and oxygen atoms in total. The van der Waals surface area contributed by atoms with Gasteiger partial charge in [0.1, 0.15) is 6.61 Å². The van der Waals surface area contributed by atoms with Gasteiger partial charge in [0.05, 0.1) is 13.2 Å². The molecule has 1 aliphatic rings. The standard InChI is InChI=1S/C17H24N2O4/c1-3-18(4-2)16(20)15-12-19(10-11-22-15)17(21)23-13-14-8-6-5-7-9-14/h5-9,15H,3-4,10-13H2,1-2H3. The van der Waals surface area contributed by atoms with Crippen molar-refractivity contribution in [1.29, 1.82) is 0 Å². The van der Waals surface area contributed by atoms with Crippen LogP contribution in [-0.4, -0.2) is 60.7 Å². The first-order chi connectivity index (χ1) is 11.2. The van der Waals surface area contributed by atoms with Crippen LogP contribution in [0.25, 0.3) is 0 Å². The fourth-order valence-electron chi connectivity index (χ4n) is 2.51. The number of rotatable bonds is 5. The molecule has 0 radical (unpaired) electrons. The normalized spacial score (nSPS) is 17.7. The highest BCUT2D eigenvalue weighted by atomic mass is 16.6. The molecule has 6 heteroatoms. The minimum absolute atomic E-state index is 0.0736. The van der Waals surface area contributed by atoms with Crippen molar-refractivity contribution in [1.82, 2.24) is 9.80 Å². The molecule has 0 bridgehead atoms. The highest BCUT2D eigenvalue weighted by molar-refractivity contribution is 5.82. The van der Waals surface area contributed by atoms with E-state index < -0.39 is 12.2 Å². The van der Waals surface area contributed by atoms with Crippen LogP contribution in [0.2, 0.25) is 0 Å².